The van der Waals surface area contributed by atoms with Gasteiger partial charge in [0.05, 0.1) is 12.7 Å². The Balaban J connectivity index is 2.24. The molecule has 2 unspecified atom stereocenters. The summed E-state index contributed by atoms with van der Waals surface area (Å²) < 4.78 is 10.0. The van der Waals surface area contributed by atoms with E-state index in [0.717, 1.165) is 0 Å². The first-order valence-corrected chi connectivity index (χ1v) is 3.13. The van der Waals surface area contributed by atoms with E-state index in [1.165, 1.54) is 0 Å². The van der Waals surface area contributed by atoms with Crippen LogP contribution in [0.2, 0.25) is 0 Å². The smallest absolute Gasteiger partial charge is 0.147 e. The predicted octanol–water partition coefficient (Wildman–Crippen LogP) is 0.945. The molecule has 0 aromatic heterocycles. The van der Waals surface area contributed by atoms with Crippen LogP contribution in [0.4, 0.5) is 0 Å². The van der Waals surface area contributed by atoms with Gasteiger partial charge in [0.25, 0.3) is 0 Å². The quantitative estimate of drug-likeness (QED) is 0.530. The van der Waals surface area contributed by atoms with E-state index in [9.17, 15) is 0 Å². The molecule has 0 aliphatic carbocycles. The lowest BCUT2D eigenvalue weighted by Gasteiger charge is -2.07. The van der Waals surface area contributed by atoms with Crippen molar-refractivity contribution >= 4 is 12.6 Å². The Morgan fingerprint density at radius 2 is 2.50 bits per heavy atom. The van der Waals surface area contributed by atoms with E-state index in [1.807, 2.05) is 6.92 Å². The monoisotopic (exact) mass is 133 g/mol. The maximum Gasteiger partial charge on any atom is 0.147 e. The van der Waals surface area contributed by atoms with Crippen LogP contribution in [0.5, 0.6) is 0 Å². The molecule has 1 rings (SSSR count). The normalized spacial score (nSPS) is 33.0. The standard InChI is InChI=1S/C5H9O2S/c1-4(8)5-2-6-3-7-5/h4-5H,2-3H2,1H3. The van der Waals surface area contributed by atoms with Gasteiger partial charge in [-0.05, 0) is 6.92 Å². The average molecular weight is 133 g/mol. The molecule has 2 nitrogen and oxygen atoms in total. The van der Waals surface area contributed by atoms with E-state index in [2.05, 4.69) is 0 Å². The van der Waals surface area contributed by atoms with Crippen molar-refractivity contribution in [3.63, 3.8) is 0 Å². The zero-order chi connectivity index (χ0) is 5.98. The van der Waals surface area contributed by atoms with Gasteiger partial charge in [-0.1, -0.05) is 12.6 Å². The minimum atomic E-state index is 0.157. The molecular formula is C5H9O2S. The molecule has 0 spiro atoms. The summed E-state index contributed by atoms with van der Waals surface area (Å²) in [5, 5.41) is 0.178. The van der Waals surface area contributed by atoms with Gasteiger partial charge in [0, 0.05) is 5.25 Å². The SMILES string of the molecule is CC([S])C1COCO1. The Kier molecular flexibility index (Phi) is 2.16. The van der Waals surface area contributed by atoms with Gasteiger partial charge in [0.1, 0.15) is 6.79 Å². The summed E-state index contributed by atoms with van der Waals surface area (Å²) in [6.07, 6.45) is 0.157. The fourth-order valence-electron chi connectivity index (χ4n) is 0.619. The molecule has 1 saturated heterocycles. The third-order valence-electron chi connectivity index (χ3n) is 1.17. The van der Waals surface area contributed by atoms with Gasteiger partial charge in [0.15, 0.2) is 0 Å². The molecule has 1 fully saturated rings. The number of hydrogen-bond acceptors (Lipinski definition) is 2. The van der Waals surface area contributed by atoms with Crippen LogP contribution in [-0.4, -0.2) is 24.8 Å². The summed E-state index contributed by atoms with van der Waals surface area (Å²) in [4.78, 5) is 0. The summed E-state index contributed by atoms with van der Waals surface area (Å²) >= 11 is 4.93. The molecule has 0 amide bonds. The molecule has 3 heteroatoms. The van der Waals surface area contributed by atoms with E-state index in [4.69, 9.17) is 22.1 Å². The molecule has 1 heterocycles. The Bertz CT molecular complexity index is 68.8. The van der Waals surface area contributed by atoms with Crippen LogP contribution < -0.4 is 0 Å². The highest BCUT2D eigenvalue weighted by atomic mass is 32.1. The van der Waals surface area contributed by atoms with Gasteiger partial charge in [-0.2, -0.15) is 0 Å². The molecular weight excluding hydrogens is 124 g/mol. The average Bonchev–Trinajstić information content (AvgIpc) is 2.12. The Morgan fingerprint density at radius 1 is 1.75 bits per heavy atom. The molecule has 0 aromatic rings. The van der Waals surface area contributed by atoms with Crippen LogP contribution in [0.15, 0.2) is 0 Å². The van der Waals surface area contributed by atoms with Gasteiger partial charge >= 0.3 is 0 Å². The lowest BCUT2D eigenvalue weighted by Crippen LogP contribution is -2.19. The van der Waals surface area contributed by atoms with Crippen LogP contribution in [0.25, 0.3) is 0 Å². The largest absolute Gasteiger partial charge is 0.353 e. The van der Waals surface area contributed by atoms with Crippen LogP contribution in [0.1, 0.15) is 6.92 Å². The van der Waals surface area contributed by atoms with Gasteiger partial charge in [-0.3, -0.25) is 0 Å². The Hall–Kier alpha value is 0.270. The van der Waals surface area contributed by atoms with Crippen molar-refractivity contribution in [1.82, 2.24) is 0 Å². The molecule has 0 bridgehead atoms. The third kappa shape index (κ3) is 1.37. The zero-order valence-electron chi connectivity index (χ0n) is 4.79. The van der Waals surface area contributed by atoms with Crippen molar-refractivity contribution in [3.8, 4) is 0 Å². The van der Waals surface area contributed by atoms with Gasteiger partial charge in [-0.15, -0.1) is 0 Å². The first kappa shape index (κ1) is 6.39. The van der Waals surface area contributed by atoms with E-state index >= 15 is 0 Å². The summed E-state index contributed by atoms with van der Waals surface area (Å²) in [7, 11) is 0. The topological polar surface area (TPSA) is 18.5 Å². The first-order chi connectivity index (χ1) is 3.80. The van der Waals surface area contributed by atoms with Crippen LogP contribution in [0, 0.1) is 0 Å². The van der Waals surface area contributed by atoms with E-state index < -0.39 is 0 Å². The maximum absolute atomic E-state index is 5.09. The third-order valence-corrected chi connectivity index (χ3v) is 1.47. The van der Waals surface area contributed by atoms with Gasteiger partial charge < -0.3 is 9.47 Å². The minimum absolute atomic E-state index is 0.157. The van der Waals surface area contributed by atoms with Crippen molar-refractivity contribution < 1.29 is 9.47 Å². The highest BCUT2D eigenvalue weighted by Gasteiger charge is 2.20. The number of ether oxygens (including phenoxy) is 2. The second-order valence-electron chi connectivity index (χ2n) is 1.90. The second-order valence-corrected chi connectivity index (χ2v) is 2.64. The van der Waals surface area contributed by atoms with Crippen molar-refractivity contribution in [2.24, 2.45) is 0 Å². The van der Waals surface area contributed by atoms with Crippen molar-refractivity contribution in [3.05, 3.63) is 0 Å². The fourth-order valence-corrected chi connectivity index (χ4v) is 0.776. The summed E-state index contributed by atoms with van der Waals surface area (Å²) in [5.41, 5.74) is 0. The predicted molar refractivity (Wildman–Crippen MR) is 32.7 cm³/mol. The van der Waals surface area contributed by atoms with Crippen molar-refractivity contribution in [2.75, 3.05) is 13.4 Å². The van der Waals surface area contributed by atoms with Gasteiger partial charge in [0.2, 0.25) is 0 Å². The number of hydrogen-bond donors (Lipinski definition) is 0. The van der Waals surface area contributed by atoms with E-state index in [1.54, 1.807) is 0 Å². The molecule has 1 aliphatic rings. The maximum atomic E-state index is 5.09. The molecule has 8 heavy (non-hydrogen) atoms. The van der Waals surface area contributed by atoms with Gasteiger partial charge in [-0.25, -0.2) is 0 Å². The summed E-state index contributed by atoms with van der Waals surface area (Å²) in [5.74, 6) is 0. The lowest BCUT2D eigenvalue weighted by atomic mass is 10.3. The Morgan fingerprint density at radius 3 is 2.75 bits per heavy atom. The van der Waals surface area contributed by atoms with Crippen molar-refractivity contribution in [1.29, 1.82) is 0 Å². The fraction of sp³-hybridized carbons (Fsp3) is 1.00. The molecule has 0 aromatic carbocycles. The zero-order valence-corrected chi connectivity index (χ0v) is 5.61. The lowest BCUT2D eigenvalue weighted by molar-refractivity contribution is 0.0475. The molecule has 47 valence electrons. The van der Waals surface area contributed by atoms with Crippen LogP contribution >= 0.6 is 12.6 Å². The molecule has 1 aliphatic heterocycles. The van der Waals surface area contributed by atoms with E-state index in [-0.39, 0.29) is 11.4 Å². The van der Waals surface area contributed by atoms with Crippen LogP contribution in [0.3, 0.4) is 0 Å². The molecule has 0 N–H and O–H groups in total. The highest BCUT2D eigenvalue weighted by Crippen LogP contribution is 2.11. The second kappa shape index (κ2) is 2.71. The first-order valence-electron chi connectivity index (χ1n) is 2.66. The van der Waals surface area contributed by atoms with Crippen molar-refractivity contribution in [2.45, 2.75) is 18.3 Å². The summed E-state index contributed by atoms with van der Waals surface area (Å²) in [6, 6.07) is 0. The van der Waals surface area contributed by atoms with E-state index in [0.29, 0.717) is 13.4 Å². The number of rotatable bonds is 1. The highest BCUT2D eigenvalue weighted by molar-refractivity contribution is 7.81. The Labute approximate surface area is 54.6 Å². The molecule has 0 saturated carbocycles. The summed E-state index contributed by atoms with van der Waals surface area (Å²) in [6.45, 7) is 3.05. The van der Waals surface area contributed by atoms with Crippen LogP contribution in [-0.2, 0) is 9.47 Å². The molecule has 1 radical (unpaired) electrons. The minimum Gasteiger partial charge on any atom is -0.353 e. The molecule has 2 atom stereocenters.